The van der Waals surface area contributed by atoms with Crippen LogP contribution in [0.5, 0.6) is 11.5 Å². The second kappa shape index (κ2) is 8.06. The predicted molar refractivity (Wildman–Crippen MR) is 114 cm³/mol. The average Bonchev–Trinajstić information content (AvgIpc) is 3.24. The average molecular weight is 405 g/mol. The van der Waals surface area contributed by atoms with E-state index in [-0.39, 0.29) is 24.3 Å². The molecule has 30 heavy (non-hydrogen) atoms. The molecule has 3 aromatic rings. The van der Waals surface area contributed by atoms with Crippen LogP contribution in [0.3, 0.4) is 0 Å². The van der Waals surface area contributed by atoms with Crippen molar-refractivity contribution >= 4 is 28.7 Å². The molecule has 0 N–H and O–H groups in total. The smallest absolute Gasteiger partial charge is 0.344 e. The van der Waals surface area contributed by atoms with Crippen molar-refractivity contribution in [3.63, 3.8) is 0 Å². The molecule has 0 saturated heterocycles. The zero-order valence-corrected chi connectivity index (χ0v) is 17.2. The highest BCUT2D eigenvalue weighted by Gasteiger charge is 2.28. The Labute approximate surface area is 174 Å². The number of allylic oxidation sites excluding steroid dienone is 1. The molecular formula is C24H23NO5. The van der Waals surface area contributed by atoms with Gasteiger partial charge in [0, 0.05) is 35.3 Å². The predicted octanol–water partition coefficient (Wildman–Crippen LogP) is 4.61. The molecule has 0 atom stereocenters. The van der Waals surface area contributed by atoms with Gasteiger partial charge < -0.3 is 18.8 Å². The summed E-state index contributed by atoms with van der Waals surface area (Å²) in [6.07, 6.45) is 3.59. The number of ether oxygens (including phenoxy) is 3. The number of hydrogen-bond acceptors (Lipinski definition) is 5. The molecule has 2 heterocycles. The van der Waals surface area contributed by atoms with Gasteiger partial charge in [-0.3, -0.25) is 4.79 Å². The standard InChI is InChI=1S/C24H23NO5/c1-4-25-13-16(18-7-5-6-8-20(18)25)11-22-24(27)19-10-9-17(12-21(19)30-22)28-14-23(26)29-15(2)3/h5-13,15H,4,14H2,1-3H3. The van der Waals surface area contributed by atoms with E-state index in [0.717, 1.165) is 23.0 Å². The molecule has 1 aromatic heterocycles. The van der Waals surface area contributed by atoms with Gasteiger partial charge in [0.1, 0.15) is 11.5 Å². The molecule has 2 aromatic carbocycles. The molecule has 6 nitrogen and oxygen atoms in total. The van der Waals surface area contributed by atoms with Crippen molar-refractivity contribution in [1.29, 1.82) is 0 Å². The molecule has 0 saturated carbocycles. The lowest BCUT2D eigenvalue weighted by atomic mass is 10.1. The van der Waals surface area contributed by atoms with Crippen LogP contribution in [0.15, 0.2) is 54.4 Å². The minimum atomic E-state index is -0.449. The summed E-state index contributed by atoms with van der Waals surface area (Å²) in [5.74, 6) is 0.492. The second-order valence-corrected chi connectivity index (χ2v) is 7.31. The third-order valence-electron chi connectivity index (χ3n) is 4.81. The van der Waals surface area contributed by atoms with Gasteiger partial charge in [0.15, 0.2) is 12.4 Å². The summed E-state index contributed by atoms with van der Waals surface area (Å²) in [7, 11) is 0. The largest absolute Gasteiger partial charge is 0.482 e. The first kappa shape index (κ1) is 19.8. The molecule has 1 aliphatic heterocycles. The van der Waals surface area contributed by atoms with E-state index in [1.165, 1.54) is 0 Å². The number of rotatable bonds is 6. The van der Waals surface area contributed by atoms with E-state index in [1.807, 2.05) is 24.4 Å². The minimum Gasteiger partial charge on any atom is -0.482 e. The number of para-hydroxylation sites is 1. The van der Waals surface area contributed by atoms with Crippen molar-refractivity contribution in [2.45, 2.75) is 33.4 Å². The van der Waals surface area contributed by atoms with Gasteiger partial charge in [-0.25, -0.2) is 4.79 Å². The molecule has 0 spiro atoms. The minimum absolute atomic E-state index is 0.177. The van der Waals surface area contributed by atoms with Gasteiger partial charge in [-0.1, -0.05) is 18.2 Å². The van der Waals surface area contributed by atoms with Gasteiger partial charge in [-0.05, 0) is 45.0 Å². The summed E-state index contributed by atoms with van der Waals surface area (Å²) in [4.78, 5) is 24.5. The number of nitrogens with zero attached hydrogens (tertiary/aromatic N) is 1. The van der Waals surface area contributed by atoms with E-state index in [1.54, 1.807) is 38.1 Å². The van der Waals surface area contributed by atoms with E-state index in [0.29, 0.717) is 17.1 Å². The number of benzene rings is 2. The first-order chi connectivity index (χ1) is 14.5. The highest BCUT2D eigenvalue weighted by Crippen LogP contribution is 2.35. The topological polar surface area (TPSA) is 66.8 Å². The Balaban J connectivity index is 1.56. The quantitative estimate of drug-likeness (QED) is 0.443. The molecule has 4 rings (SSSR count). The molecule has 0 fully saturated rings. The van der Waals surface area contributed by atoms with Crippen molar-refractivity contribution in [3.8, 4) is 11.5 Å². The van der Waals surface area contributed by atoms with Gasteiger partial charge in [0.2, 0.25) is 5.78 Å². The molecule has 0 aliphatic carbocycles. The van der Waals surface area contributed by atoms with Gasteiger partial charge in [-0.2, -0.15) is 0 Å². The third kappa shape index (κ3) is 3.81. The maximum atomic E-state index is 12.8. The summed E-state index contributed by atoms with van der Waals surface area (Å²) >= 11 is 0. The van der Waals surface area contributed by atoms with Crippen LogP contribution in [0.25, 0.3) is 17.0 Å². The van der Waals surface area contributed by atoms with Crippen molar-refractivity contribution < 1.29 is 23.8 Å². The summed E-state index contributed by atoms with van der Waals surface area (Å²) in [5.41, 5.74) is 2.51. The maximum absolute atomic E-state index is 12.8. The van der Waals surface area contributed by atoms with Crippen LogP contribution in [0.1, 0.15) is 36.7 Å². The van der Waals surface area contributed by atoms with Crippen LogP contribution < -0.4 is 9.47 Å². The second-order valence-electron chi connectivity index (χ2n) is 7.31. The van der Waals surface area contributed by atoms with E-state index < -0.39 is 5.97 Å². The zero-order chi connectivity index (χ0) is 21.3. The molecule has 0 radical (unpaired) electrons. The molecule has 6 heteroatoms. The summed E-state index contributed by atoms with van der Waals surface area (Å²) in [6.45, 7) is 6.26. The third-order valence-corrected chi connectivity index (χ3v) is 4.81. The Morgan fingerprint density at radius 2 is 2.00 bits per heavy atom. The normalized spacial score (nSPS) is 14.3. The molecule has 0 amide bonds. The van der Waals surface area contributed by atoms with Crippen LogP contribution in [0.2, 0.25) is 0 Å². The van der Waals surface area contributed by atoms with E-state index in [9.17, 15) is 9.59 Å². The van der Waals surface area contributed by atoms with E-state index in [2.05, 4.69) is 17.6 Å². The Bertz CT molecular complexity index is 1160. The van der Waals surface area contributed by atoms with Gasteiger partial charge in [0.25, 0.3) is 0 Å². The molecule has 0 unspecified atom stereocenters. The number of fused-ring (bicyclic) bond motifs is 2. The molecule has 1 aliphatic rings. The van der Waals surface area contributed by atoms with E-state index >= 15 is 0 Å². The zero-order valence-electron chi connectivity index (χ0n) is 17.2. The Morgan fingerprint density at radius 3 is 2.77 bits per heavy atom. The van der Waals surface area contributed by atoms with Crippen LogP contribution in [-0.4, -0.2) is 29.0 Å². The summed E-state index contributed by atoms with van der Waals surface area (Å²) in [5, 5.41) is 1.06. The summed E-state index contributed by atoms with van der Waals surface area (Å²) < 4.78 is 18.5. The lowest BCUT2D eigenvalue weighted by Crippen LogP contribution is -2.18. The summed E-state index contributed by atoms with van der Waals surface area (Å²) in [6, 6.07) is 13.0. The van der Waals surface area contributed by atoms with Gasteiger partial charge in [-0.15, -0.1) is 0 Å². The highest BCUT2D eigenvalue weighted by atomic mass is 16.6. The first-order valence-electron chi connectivity index (χ1n) is 9.94. The first-order valence-corrected chi connectivity index (χ1v) is 9.94. The van der Waals surface area contributed by atoms with Crippen molar-refractivity contribution in [1.82, 2.24) is 4.57 Å². The van der Waals surface area contributed by atoms with Crippen molar-refractivity contribution in [2.24, 2.45) is 0 Å². The fraction of sp³-hybridized carbons (Fsp3) is 0.250. The number of aromatic nitrogens is 1. The van der Waals surface area contributed by atoms with Gasteiger partial charge in [0.05, 0.1) is 11.7 Å². The Kier molecular flexibility index (Phi) is 5.31. The number of ketones is 1. The van der Waals surface area contributed by atoms with E-state index in [4.69, 9.17) is 14.2 Å². The number of Topliss-reactive ketones (excluding diaryl/α,β-unsaturated/α-hetero) is 1. The maximum Gasteiger partial charge on any atom is 0.344 e. The van der Waals surface area contributed by atoms with Crippen LogP contribution in [0.4, 0.5) is 0 Å². The Hall–Kier alpha value is -3.54. The lowest BCUT2D eigenvalue weighted by Gasteiger charge is -2.09. The number of aryl methyl sites for hydroxylation is 1. The monoisotopic (exact) mass is 405 g/mol. The fourth-order valence-corrected chi connectivity index (χ4v) is 3.49. The van der Waals surface area contributed by atoms with Gasteiger partial charge >= 0.3 is 5.97 Å². The fourth-order valence-electron chi connectivity index (χ4n) is 3.49. The molecule has 154 valence electrons. The molecule has 0 bridgehead atoms. The highest BCUT2D eigenvalue weighted by molar-refractivity contribution is 6.15. The number of esters is 1. The van der Waals surface area contributed by atoms with Crippen molar-refractivity contribution in [2.75, 3.05) is 6.61 Å². The Morgan fingerprint density at radius 1 is 1.20 bits per heavy atom. The number of hydrogen-bond donors (Lipinski definition) is 0. The van der Waals surface area contributed by atoms with Crippen LogP contribution >= 0.6 is 0 Å². The van der Waals surface area contributed by atoms with Crippen LogP contribution in [0, 0.1) is 0 Å². The SMILES string of the molecule is CCn1cc(C=C2Oc3cc(OCC(=O)OC(C)C)ccc3C2=O)c2ccccc21. The number of carbonyl (C=O) groups excluding carboxylic acids is 2. The van der Waals surface area contributed by atoms with Crippen molar-refractivity contribution in [3.05, 3.63) is 65.5 Å². The van der Waals surface area contributed by atoms with Crippen LogP contribution in [-0.2, 0) is 16.1 Å². The molecular weight excluding hydrogens is 382 g/mol. The lowest BCUT2D eigenvalue weighted by molar-refractivity contribution is -0.149. The number of carbonyl (C=O) groups is 2.